The van der Waals surface area contributed by atoms with E-state index in [4.69, 9.17) is 0 Å². The van der Waals surface area contributed by atoms with E-state index in [9.17, 15) is 22.4 Å². The molecule has 0 spiro atoms. The predicted octanol–water partition coefficient (Wildman–Crippen LogP) is 2.76. The van der Waals surface area contributed by atoms with Gasteiger partial charge in [-0.3, -0.25) is 4.79 Å². The fraction of sp³-hybridized carbons (Fsp3) is 0.182. The van der Waals surface area contributed by atoms with Crippen LogP contribution in [0.15, 0.2) is 24.8 Å². The van der Waals surface area contributed by atoms with E-state index in [-0.39, 0.29) is 5.56 Å². The minimum atomic E-state index is -4.62. The van der Waals surface area contributed by atoms with Crippen LogP contribution in [0.4, 0.5) is 17.6 Å². The molecule has 0 aliphatic rings. The first-order chi connectivity index (χ1) is 7.77. The van der Waals surface area contributed by atoms with Gasteiger partial charge in [-0.2, -0.15) is 13.2 Å². The molecule has 0 aromatic heterocycles. The second-order valence-electron chi connectivity index (χ2n) is 3.25. The summed E-state index contributed by atoms with van der Waals surface area (Å²) in [6, 6.07) is 2.63. The predicted molar refractivity (Wildman–Crippen MR) is 54.9 cm³/mol. The molecule has 0 bridgehead atoms. The van der Waals surface area contributed by atoms with Crippen LogP contribution >= 0.6 is 0 Å². The number of rotatable bonds is 2. The zero-order valence-corrected chi connectivity index (χ0v) is 8.86. The summed E-state index contributed by atoms with van der Waals surface area (Å²) in [4.78, 5) is 11.1. The van der Waals surface area contributed by atoms with Gasteiger partial charge in [0.25, 0.3) is 5.91 Å². The number of hydrogen-bond acceptors (Lipinski definition) is 1. The van der Waals surface area contributed by atoms with Crippen LogP contribution in [0.5, 0.6) is 0 Å². The highest BCUT2D eigenvalue weighted by molar-refractivity contribution is 5.94. The van der Waals surface area contributed by atoms with E-state index in [0.29, 0.717) is 6.07 Å². The van der Waals surface area contributed by atoms with E-state index >= 15 is 0 Å². The number of hydrogen-bond donors (Lipinski definition) is 1. The summed E-state index contributed by atoms with van der Waals surface area (Å²) >= 11 is 0. The van der Waals surface area contributed by atoms with Crippen molar-refractivity contribution in [1.29, 1.82) is 0 Å². The lowest BCUT2D eigenvalue weighted by Gasteiger charge is -2.11. The third kappa shape index (κ3) is 2.83. The van der Waals surface area contributed by atoms with Crippen molar-refractivity contribution in [1.82, 2.24) is 5.32 Å². The Morgan fingerprint density at radius 2 is 1.94 bits per heavy atom. The average Bonchev–Trinajstić information content (AvgIpc) is 2.25. The van der Waals surface area contributed by atoms with Crippen molar-refractivity contribution in [3.63, 3.8) is 0 Å². The van der Waals surface area contributed by atoms with Gasteiger partial charge in [0.05, 0.1) is 11.1 Å². The van der Waals surface area contributed by atoms with E-state index in [1.54, 1.807) is 0 Å². The van der Waals surface area contributed by atoms with Crippen LogP contribution in [0.1, 0.15) is 15.9 Å². The lowest BCUT2D eigenvalue weighted by Crippen LogP contribution is -2.19. The van der Waals surface area contributed by atoms with Crippen molar-refractivity contribution in [2.75, 3.05) is 7.05 Å². The minimum Gasteiger partial charge on any atom is -0.355 e. The van der Waals surface area contributed by atoms with Gasteiger partial charge >= 0.3 is 6.18 Å². The van der Waals surface area contributed by atoms with Gasteiger partial charge in [0.2, 0.25) is 0 Å². The quantitative estimate of drug-likeness (QED) is 0.800. The second-order valence-corrected chi connectivity index (χ2v) is 3.25. The molecule has 1 aromatic rings. The fourth-order valence-electron chi connectivity index (χ4n) is 1.19. The summed E-state index contributed by atoms with van der Waals surface area (Å²) in [6.45, 7) is 2.84. The zero-order chi connectivity index (χ0) is 13.2. The minimum absolute atomic E-state index is 0.314. The Balaban J connectivity index is 3.14. The summed E-state index contributed by atoms with van der Waals surface area (Å²) in [5, 5.41) is 2.18. The Hall–Kier alpha value is -1.85. The second kappa shape index (κ2) is 4.57. The maximum atomic E-state index is 13.4. The largest absolute Gasteiger partial charge is 0.416 e. The van der Waals surface area contributed by atoms with Crippen LogP contribution < -0.4 is 5.32 Å². The maximum absolute atomic E-state index is 13.4. The van der Waals surface area contributed by atoms with Gasteiger partial charge in [0.1, 0.15) is 5.82 Å². The van der Waals surface area contributed by atoms with Gasteiger partial charge in [-0.05, 0) is 17.7 Å². The lowest BCUT2D eigenvalue weighted by atomic mass is 10.0. The van der Waals surface area contributed by atoms with E-state index < -0.39 is 29.0 Å². The van der Waals surface area contributed by atoms with Crippen molar-refractivity contribution in [3.05, 3.63) is 41.7 Å². The SMILES string of the molecule is C=C(c1ccc(C(=O)NC)c(F)c1)C(F)(F)F. The number of halogens is 4. The highest BCUT2D eigenvalue weighted by Crippen LogP contribution is 2.32. The maximum Gasteiger partial charge on any atom is 0.416 e. The van der Waals surface area contributed by atoms with Crippen LogP contribution in [-0.4, -0.2) is 19.1 Å². The monoisotopic (exact) mass is 247 g/mol. The van der Waals surface area contributed by atoms with Gasteiger partial charge in [-0.1, -0.05) is 12.6 Å². The van der Waals surface area contributed by atoms with Crippen molar-refractivity contribution in [2.24, 2.45) is 0 Å². The smallest absolute Gasteiger partial charge is 0.355 e. The number of alkyl halides is 3. The zero-order valence-electron chi connectivity index (χ0n) is 8.86. The summed E-state index contributed by atoms with van der Waals surface area (Å²) in [6.07, 6.45) is -4.62. The molecule has 0 aliphatic carbocycles. The van der Waals surface area contributed by atoms with Crippen LogP contribution in [0.25, 0.3) is 5.57 Å². The van der Waals surface area contributed by atoms with E-state index in [2.05, 4.69) is 11.9 Å². The van der Waals surface area contributed by atoms with Gasteiger partial charge < -0.3 is 5.32 Å². The fourth-order valence-corrected chi connectivity index (χ4v) is 1.19. The Kier molecular flexibility index (Phi) is 3.55. The van der Waals surface area contributed by atoms with Gasteiger partial charge in [0.15, 0.2) is 0 Å². The Morgan fingerprint density at radius 3 is 2.35 bits per heavy atom. The van der Waals surface area contributed by atoms with Gasteiger partial charge in [-0.15, -0.1) is 0 Å². The molecule has 0 atom stereocenters. The molecule has 0 unspecified atom stereocenters. The molecule has 0 aliphatic heterocycles. The summed E-state index contributed by atoms with van der Waals surface area (Å²) in [5.41, 5.74) is -1.87. The molecule has 1 N–H and O–H groups in total. The van der Waals surface area contributed by atoms with Crippen LogP contribution in [0.2, 0.25) is 0 Å². The molecule has 1 rings (SSSR count). The normalized spacial score (nSPS) is 11.1. The standard InChI is InChI=1S/C11H9F4NO/c1-6(11(13,14)15)7-3-4-8(9(12)5-7)10(17)16-2/h3-5H,1H2,2H3,(H,16,17). The van der Waals surface area contributed by atoms with Crippen molar-refractivity contribution < 1.29 is 22.4 Å². The molecule has 0 heterocycles. The van der Waals surface area contributed by atoms with Crippen molar-refractivity contribution >= 4 is 11.5 Å². The number of amides is 1. The molecule has 0 fully saturated rings. The molecule has 6 heteroatoms. The molecule has 1 amide bonds. The third-order valence-corrected chi connectivity index (χ3v) is 2.13. The number of carbonyl (C=O) groups excluding carboxylic acids is 1. The van der Waals surface area contributed by atoms with Crippen molar-refractivity contribution in [2.45, 2.75) is 6.18 Å². The molecule has 0 saturated heterocycles. The third-order valence-electron chi connectivity index (χ3n) is 2.13. The number of nitrogens with one attached hydrogen (secondary N) is 1. The molecular weight excluding hydrogens is 238 g/mol. The van der Waals surface area contributed by atoms with Gasteiger partial charge in [-0.25, -0.2) is 4.39 Å². The molecular formula is C11H9F4NO. The summed E-state index contributed by atoms with van der Waals surface area (Å²) in [5.74, 6) is -1.72. The van der Waals surface area contributed by atoms with E-state index in [1.165, 1.54) is 7.05 Å². The highest BCUT2D eigenvalue weighted by atomic mass is 19.4. The molecule has 17 heavy (non-hydrogen) atoms. The molecule has 2 nitrogen and oxygen atoms in total. The van der Waals surface area contributed by atoms with E-state index in [0.717, 1.165) is 12.1 Å². The molecule has 0 saturated carbocycles. The number of benzene rings is 1. The number of carbonyl (C=O) groups is 1. The van der Waals surface area contributed by atoms with Crippen LogP contribution in [0.3, 0.4) is 0 Å². The van der Waals surface area contributed by atoms with Gasteiger partial charge in [0, 0.05) is 7.05 Å². The topological polar surface area (TPSA) is 29.1 Å². The Bertz CT molecular complexity index is 465. The molecule has 92 valence electrons. The average molecular weight is 247 g/mol. The first kappa shape index (κ1) is 13.2. The Morgan fingerprint density at radius 1 is 1.35 bits per heavy atom. The summed E-state index contributed by atoms with van der Waals surface area (Å²) in [7, 11) is 1.30. The molecule has 1 aromatic carbocycles. The molecule has 0 radical (unpaired) electrons. The lowest BCUT2D eigenvalue weighted by molar-refractivity contribution is -0.0686. The van der Waals surface area contributed by atoms with Crippen molar-refractivity contribution in [3.8, 4) is 0 Å². The first-order valence-electron chi connectivity index (χ1n) is 4.55. The number of allylic oxidation sites excluding steroid dienone is 1. The van der Waals surface area contributed by atoms with Crippen LogP contribution in [0, 0.1) is 5.82 Å². The Labute approximate surface area is 94.9 Å². The first-order valence-corrected chi connectivity index (χ1v) is 4.55. The summed E-state index contributed by atoms with van der Waals surface area (Å²) < 4.78 is 50.2. The van der Waals surface area contributed by atoms with E-state index in [1.807, 2.05) is 0 Å². The van der Waals surface area contributed by atoms with Crippen LogP contribution in [-0.2, 0) is 0 Å². The highest BCUT2D eigenvalue weighted by Gasteiger charge is 2.33.